The highest BCUT2D eigenvalue weighted by molar-refractivity contribution is 6.07. The first-order chi connectivity index (χ1) is 13.6. The number of benzene rings is 1. The van der Waals surface area contributed by atoms with Gasteiger partial charge in [-0.2, -0.15) is 4.98 Å². The Morgan fingerprint density at radius 1 is 1.04 bits per heavy atom. The van der Waals surface area contributed by atoms with Gasteiger partial charge in [-0.15, -0.1) is 0 Å². The summed E-state index contributed by atoms with van der Waals surface area (Å²) in [6, 6.07) is 5.26. The normalized spacial score (nSPS) is 14.1. The SMILES string of the molecule is CN(C)c1nc(N2CCCCC2)ncc1NC(=O)c1ccc2nccnc2c1. The highest BCUT2D eigenvalue weighted by Crippen LogP contribution is 2.26. The van der Waals surface area contributed by atoms with Gasteiger partial charge in [0.15, 0.2) is 5.82 Å². The van der Waals surface area contributed by atoms with Crippen molar-refractivity contribution in [1.82, 2.24) is 19.9 Å². The van der Waals surface area contributed by atoms with Gasteiger partial charge in [-0.1, -0.05) is 0 Å². The number of aromatic nitrogens is 4. The molecule has 1 saturated heterocycles. The summed E-state index contributed by atoms with van der Waals surface area (Å²) in [5.74, 6) is 1.16. The Morgan fingerprint density at radius 2 is 1.79 bits per heavy atom. The Labute approximate surface area is 163 Å². The first-order valence-corrected chi connectivity index (χ1v) is 9.43. The van der Waals surface area contributed by atoms with Crippen LogP contribution in [0.3, 0.4) is 0 Å². The van der Waals surface area contributed by atoms with Gasteiger partial charge >= 0.3 is 0 Å². The molecule has 3 aromatic rings. The lowest BCUT2D eigenvalue weighted by Crippen LogP contribution is -2.31. The van der Waals surface area contributed by atoms with E-state index in [2.05, 4.69) is 25.2 Å². The monoisotopic (exact) mass is 377 g/mol. The number of nitrogens with zero attached hydrogens (tertiary/aromatic N) is 6. The van der Waals surface area contributed by atoms with Crippen molar-refractivity contribution in [3.8, 4) is 0 Å². The highest BCUT2D eigenvalue weighted by atomic mass is 16.1. The van der Waals surface area contributed by atoms with Gasteiger partial charge in [0, 0.05) is 45.1 Å². The van der Waals surface area contributed by atoms with Gasteiger partial charge in [0.25, 0.3) is 5.91 Å². The molecule has 0 spiro atoms. The maximum absolute atomic E-state index is 12.8. The molecule has 0 bridgehead atoms. The second kappa shape index (κ2) is 7.75. The van der Waals surface area contributed by atoms with Crippen LogP contribution in [-0.4, -0.2) is 53.0 Å². The highest BCUT2D eigenvalue weighted by Gasteiger charge is 2.18. The van der Waals surface area contributed by atoms with Crippen molar-refractivity contribution >= 4 is 34.4 Å². The van der Waals surface area contributed by atoms with Crippen LogP contribution < -0.4 is 15.1 Å². The van der Waals surface area contributed by atoms with E-state index >= 15 is 0 Å². The number of hydrogen-bond acceptors (Lipinski definition) is 7. The molecule has 0 atom stereocenters. The third-order valence-corrected chi connectivity index (χ3v) is 4.80. The lowest BCUT2D eigenvalue weighted by molar-refractivity contribution is 0.102. The fourth-order valence-corrected chi connectivity index (χ4v) is 3.34. The Hall–Kier alpha value is -3.29. The summed E-state index contributed by atoms with van der Waals surface area (Å²) < 4.78 is 0. The fourth-order valence-electron chi connectivity index (χ4n) is 3.34. The first-order valence-electron chi connectivity index (χ1n) is 9.43. The lowest BCUT2D eigenvalue weighted by atomic mass is 10.1. The molecule has 1 amide bonds. The summed E-state index contributed by atoms with van der Waals surface area (Å²) in [6.45, 7) is 1.94. The number of carbonyl (C=O) groups is 1. The molecule has 1 fully saturated rings. The van der Waals surface area contributed by atoms with Crippen molar-refractivity contribution in [2.75, 3.05) is 42.3 Å². The topological polar surface area (TPSA) is 87.1 Å². The van der Waals surface area contributed by atoms with Crippen LogP contribution in [0.15, 0.2) is 36.8 Å². The fraction of sp³-hybridized carbons (Fsp3) is 0.350. The maximum Gasteiger partial charge on any atom is 0.255 e. The predicted octanol–water partition coefficient (Wildman–Crippen LogP) is 2.73. The second-order valence-corrected chi connectivity index (χ2v) is 7.06. The van der Waals surface area contributed by atoms with E-state index in [4.69, 9.17) is 4.98 Å². The molecule has 1 aliphatic rings. The van der Waals surface area contributed by atoms with Gasteiger partial charge in [0.05, 0.1) is 17.2 Å². The van der Waals surface area contributed by atoms with E-state index in [0.717, 1.165) is 31.4 Å². The minimum atomic E-state index is -0.232. The minimum absolute atomic E-state index is 0.232. The Morgan fingerprint density at radius 3 is 2.54 bits per heavy atom. The molecule has 2 aromatic heterocycles. The van der Waals surface area contributed by atoms with Crippen molar-refractivity contribution < 1.29 is 4.79 Å². The molecule has 0 aliphatic carbocycles. The molecule has 0 unspecified atom stereocenters. The van der Waals surface area contributed by atoms with Crippen LogP contribution in [0.5, 0.6) is 0 Å². The summed E-state index contributed by atoms with van der Waals surface area (Å²) in [5.41, 5.74) is 2.52. The molecule has 8 heteroatoms. The van der Waals surface area contributed by atoms with Gasteiger partial charge in [-0.05, 0) is 37.5 Å². The van der Waals surface area contributed by atoms with Gasteiger partial charge in [-0.25, -0.2) is 4.98 Å². The molecular weight excluding hydrogens is 354 g/mol. The third kappa shape index (κ3) is 3.71. The van der Waals surface area contributed by atoms with Gasteiger partial charge in [0.1, 0.15) is 5.69 Å². The Balaban J connectivity index is 1.59. The summed E-state index contributed by atoms with van der Waals surface area (Å²) in [6.07, 6.45) is 8.49. The number of carbonyl (C=O) groups excluding carboxylic acids is 1. The summed E-state index contributed by atoms with van der Waals surface area (Å²) in [7, 11) is 3.81. The minimum Gasteiger partial charge on any atom is -0.361 e. The molecule has 0 saturated carbocycles. The number of rotatable bonds is 4. The zero-order chi connectivity index (χ0) is 19.5. The lowest BCUT2D eigenvalue weighted by Gasteiger charge is -2.28. The predicted molar refractivity (Wildman–Crippen MR) is 110 cm³/mol. The number of nitrogens with one attached hydrogen (secondary N) is 1. The number of piperidine rings is 1. The van der Waals surface area contributed by atoms with Crippen molar-refractivity contribution in [2.45, 2.75) is 19.3 Å². The maximum atomic E-state index is 12.8. The molecule has 3 heterocycles. The number of anilines is 3. The van der Waals surface area contributed by atoms with Crippen LogP contribution in [0.1, 0.15) is 29.6 Å². The van der Waals surface area contributed by atoms with Crippen molar-refractivity contribution in [1.29, 1.82) is 0 Å². The smallest absolute Gasteiger partial charge is 0.255 e. The molecular formula is C20H23N7O. The summed E-state index contributed by atoms with van der Waals surface area (Å²) in [5, 5.41) is 2.93. The van der Waals surface area contributed by atoms with E-state index in [1.165, 1.54) is 6.42 Å². The average molecular weight is 377 g/mol. The van der Waals surface area contributed by atoms with Gasteiger partial charge < -0.3 is 15.1 Å². The molecule has 28 heavy (non-hydrogen) atoms. The number of amides is 1. The van der Waals surface area contributed by atoms with Crippen molar-refractivity contribution in [3.05, 3.63) is 42.4 Å². The summed E-state index contributed by atoms with van der Waals surface area (Å²) >= 11 is 0. The van der Waals surface area contributed by atoms with E-state index in [-0.39, 0.29) is 5.91 Å². The Kier molecular flexibility index (Phi) is 5.01. The Bertz CT molecular complexity index is 999. The first kappa shape index (κ1) is 18.1. The van der Waals surface area contributed by atoms with Crippen LogP contribution in [0.25, 0.3) is 11.0 Å². The van der Waals surface area contributed by atoms with Crippen LogP contribution in [0.2, 0.25) is 0 Å². The molecule has 0 radical (unpaired) electrons. The molecule has 144 valence electrons. The zero-order valence-electron chi connectivity index (χ0n) is 16.1. The standard InChI is InChI=1S/C20H23N7O/c1-26(2)18-17(13-23-20(25-18)27-10-4-3-5-11-27)24-19(28)14-6-7-15-16(12-14)22-9-8-21-15/h6-9,12-13H,3-5,10-11H2,1-2H3,(H,24,28). The van der Waals surface area contributed by atoms with Crippen LogP contribution in [0.4, 0.5) is 17.5 Å². The largest absolute Gasteiger partial charge is 0.361 e. The molecule has 1 N–H and O–H groups in total. The number of fused-ring (bicyclic) bond motifs is 1. The number of hydrogen-bond donors (Lipinski definition) is 1. The van der Waals surface area contributed by atoms with Crippen LogP contribution >= 0.6 is 0 Å². The van der Waals surface area contributed by atoms with E-state index in [1.54, 1.807) is 36.8 Å². The molecule has 1 aliphatic heterocycles. The van der Waals surface area contributed by atoms with Crippen molar-refractivity contribution in [3.63, 3.8) is 0 Å². The van der Waals surface area contributed by atoms with E-state index in [0.29, 0.717) is 28.5 Å². The second-order valence-electron chi connectivity index (χ2n) is 7.06. The average Bonchev–Trinajstić information content (AvgIpc) is 2.74. The van der Waals surface area contributed by atoms with E-state index < -0.39 is 0 Å². The summed E-state index contributed by atoms with van der Waals surface area (Å²) in [4.78, 5) is 34.5. The van der Waals surface area contributed by atoms with E-state index in [9.17, 15) is 4.79 Å². The molecule has 1 aromatic carbocycles. The van der Waals surface area contributed by atoms with Crippen LogP contribution in [-0.2, 0) is 0 Å². The zero-order valence-corrected chi connectivity index (χ0v) is 16.1. The molecule has 8 nitrogen and oxygen atoms in total. The van der Waals surface area contributed by atoms with Crippen LogP contribution in [0, 0.1) is 0 Å². The third-order valence-electron chi connectivity index (χ3n) is 4.80. The molecule has 4 rings (SSSR count). The van der Waals surface area contributed by atoms with E-state index in [1.807, 2.05) is 19.0 Å². The van der Waals surface area contributed by atoms with Gasteiger partial charge in [-0.3, -0.25) is 14.8 Å². The quantitative estimate of drug-likeness (QED) is 0.748. The van der Waals surface area contributed by atoms with Crippen molar-refractivity contribution in [2.24, 2.45) is 0 Å². The van der Waals surface area contributed by atoms with Gasteiger partial charge in [0.2, 0.25) is 5.95 Å².